The first-order valence-electron chi connectivity index (χ1n) is 1.83. The van der Waals surface area contributed by atoms with Gasteiger partial charge in [0.1, 0.15) is 8.01 Å². The van der Waals surface area contributed by atoms with E-state index in [1.54, 1.807) is 17.6 Å². The smallest absolute Gasteiger partial charge is 0.289 e. The normalized spacial score (nSPS) is 9.14. The zero-order chi connectivity index (χ0) is 5.54. The summed E-state index contributed by atoms with van der Waals surface area (Å²) in [5.74, 6) is 1.01. The molecular weight excluding hydrogens is 129 g/mol. The van der Waals surface area contributed by atoms with Gasteiger partial charge in [-0.15, -0.1) is 0 Å². The van der Waals surface area contributed by atoms with Gasteiger partial charge in [0.2, 0.25) is 0 Å². The molecule has 0 aliphatic carbocycles. The van der Waals surface area contributed by atoms with Crippen molar-refractivity contribution < 1.29 is 4.52 Å². The SMILES string of the molecule is CCSPOC#N. The first-order chi connectivity index (χ1) is 3.41. The zero-order valence-corrected chi connectivity index (χ0v) is 5.79. The van der Waals surface area contributed by atoms with Crippen LogP contribution in [0.2, 0.25) is 0 Å². The third-order valence-corrected chi connectivity index (χ3v) is 2.34. The van der Waals surface area contributed by atoms with E-state index in [0.29, 0.717) is 0 Å². The van der Waals surface area contributed by atoms with Crippen molar-refractivity contribution in [2.24, 2.45) is 0 Å². The molecule has 1 unspecified atom stereocenters. The Morgan fingerprint density at radius 1 is 2.00 bits per heavy atom. The summed E-state index contributed by atoms with van der Waals surface area (Å²) in [5.41, 5.74) is 0. The third kappa shape index (κ3) is 6.07. The average Bonchev–Trinajstić information content (AvgIpc) is 1.69. The minimum absolute atomic E-state index is 0.288. The summed E-state index contributed by atoms with van der Waals surface area (Å²) in [6.45, 7) is 2.03. The molecule has 0 aromatic heterocycles. The molecule has 0 radical (unpaired) electrons. The van der Waals surface area contributed by atoms with Crippen molar-refractivity contribution in [1.29, 1.82) is 5.26 Å². The minimum Gasteiger partial charge on any atom is -0.399 e. The number of rotatable bonds is 3. The fraction of sp³-hybridized carbons (Fsp3) is 0.667. The quantitative estimate of drug-likeness (QED) is 0.335. The van der Waals surface area contributed by atoms with Crippen LogP contribution in [-0.2, 0) is 4.52 Å². The van der Waals surface area contributed by atoms with Gasteiger partial charge in [-0.3, -0.25) is 0 Å². The molecule has 2 nitrogen and oxygen atoms in total. The summed E-state index contributed by atoms with van der Waals surface area (Å²) in [7, 11) is 0.288. The molecule has 0 aliphatic heterocycles. The van der Waals surface area contributed by atoms with Gasteiger partial charge in [-0.1, -0.05) is 18.3 Å². The molecule has 0 heterocycles. The van der Waals surface area contributed by atoms with Crippen LogP contribution in [0.3, 0.4) is 0 Å². The summed E-state index contributed by atoms with van der Waals surface area (Å²) in [6.07, 6.45) is 1.59. The van der Waals surface area contributed by atoms with E-state index in [1.165, 1.54) is 0 Å². The molecule has 0 saturated heterocycles. The van der Waals surface area contributed by atoms with Crippen LogP contribution >= 0.6 is 19.4 Å². The van der Waals surface area contributed by atoms with Crippen molar-refractivity contribution in [1.82, 2.24) is 0 Å². The number of hydrogen-bond acceptors (Lipinski definition) is 3. The molecule has 0 amide bonds. The first-order valence-corrected chi connectivity index (χ1v) is 4.45. The van der Waals surface area contributed by atoms with Gasteiger partial charge in [0.15, 0.2) is 0 Å². The van der Waals surface area contributed by atoms with E-state index < -0.39 is 0 Å². The predicted molar refractivity (Wildman–Crippen MR) is 33.1 cm³/mol. The molecule has 0 aromatic rings. The maximum Gasteiger partial charge on any atom is 0.289 e. The van der Waals surface area contributed by atoms with Gasteiger partial charge in [0, 0.05) is 0 Å². The largest absolute Gasteiger partial charge is 0.399 e. The van der Waals surface area contributed by atoms with E-state index in [-0.39, 0.29) is 8.01 Å². The Balaban J connectivity index is 2.60. The van der Waals surface area contributed by atoms with Crippen molar-refractivity contribution in [2.45, 2.75) is 6.92 Å². The topological polar surface area (TPSA) is 33.0 Å². The fourth-order valence-corrected chi connectivity index (χ4v) is 0.963. The van der Waals surface area contributed by atoms with Gasteiger partial charge in [0.05, 0.1) is 0 Å². The molecule has 7 heavy (non-hydrogen) atoms. The monoisotopic (exact) mass is 135 g/mol. The van der Waals surface area contributed by atoms with Gasteiger partial charge in [-0.2, -0.15) is 5.26 Å². The van der Waals surface area contributed by atoms with Crippen molar-refractivity contribution in [3.63, 3.8) is 0 Å². The number of nitriles is 1. The Labute approximate surface area is 48.8 Å². The Bertz CT molecular complexity index is 71.8. The van der Waals surface area contributed by atoms with Crippen LogP contribution in [0.25, 0.3) is 0 Å². The van der Waals surface area contributed by atoms with Gasteiger partial charge in [0.25, 0.3) is 6.26 Å². The van der Waals surface area contributed by atoms with E-state index in [4.69, 9.17) is 5.26 Å². The number of nitrogens with zero attached hydrogens (tertiary/aromatic N) is 1. The highest BCUT2D eigenvalue weighted by atomic mass is 32.7. The second-order valence-corrected chi connectivity index (χ2v) is 3.31. The summed E-state index contributed by atoms with van der Waals surface area (Å²) in [6, 6.07) is 0. The highest BCUT2D eigenvalue weighted by Gasteiger charge is 1.79. The summed E-state index contributed by atoms with van der Waals surface area (Å²) in [5, 5.41) is 7.81. The summed E-state index contributed by atoms with van der Waals surface area (Å²) >= 11 is 1.62. The standard InChI is InChI=1S/C3H6NOPS/c1-2-7-6-5-3-4/h6H,2H2,1H3. The maximum atomic E-state index is 7.81. The Hall–Kier alpha value is 0.0700. The molecule has 0 saturated carbocycles. The maximum absolute atomic E-state index is 7.81. The molecule has 0 fully saturated rings. The van der Waals surface area contributed by atoms with Crippen LogP contribution < -0.4 is 0 Å². The van der Waals surface area contributed by atoms with Crippen LogP contribution in [0.15, 0.2) is 0 Å². The molecule has 0 bridgehead atoms. The lowest BCUT2D eigenvalue weighted by Gasteiger charge is -1.87. The van der Waals surface area contributed by atoms with E-state index >= 15 is 0 Å². The van der Waals surface area contributed by atoms with Gasteiger partial charge in [-0.05, 0) is 5.75 Å². The molecule has 0 aliphatic rings. The van der Waals surface area contributed by atoms with Crippen LogP contribution in [0, 0.1) is 11.5 Å². The summed E-state index contributed by atoms with van der Waals surface area (Å²) in [4.78, 5) is 0. The Morgan fingerprint density at radius 3 is 3.14 bits per heavy atom. The van der Waals surface area contributed by atoms with Crippen LogP contribution in [0.5, 0.6) is 0 Å². The third-order valence-electron chi connectivity index (χ3n) is 0.291. The van der Waals surface area contributed by atoms with Gasteiger partial charge >= 0.3 is 0 Å². The molecule has 0 aromatic carbocycles. The van der Waals surface area contributed by atoms with Crippen molar-refractivity contribution in [3.8, 4) is 6.26 Å². The molecule has 1 atom stereocenters. The molecule has 0 rings (SSSR count). The van der Waals surface area contributed by atoms with E-state index in [9.17, 15) is 0 Å². The Morgan fingerprint density at radius 2 is 2.71 bits per heavy atom. The lowest BCUT2D eigenvalue weighted by atomic mass is 11.0. The van der Waals surface area contributed by atoms with E-state index in [2.05, 4.69) is 4.52 Å². The van der Waals surface area contributed by atoms with Crippen LogP contribution in [-0.4, -0.2) is 5.75 Å². The van der Waals surface area contributed by atoms with Crippen LogP contribution in [0.4, 0.5) is 0 Å². The van der Waals surface area contributed by atoms with Crippen molar-refractivity contribution in [2.75, 3.05) is 5.75 Å². The lowest BCUT2D eigenvalue weighted by Crippen LogP contribution is -1.56. The van der Waals surface area contributed by atoms with E-state index in [0.717, 1.165) is 5.75 Å². The van der Waals surface area contributed by atoms with Crippen LogP contribution in [0.1, 0.15) is 6.92 Å². The second-order valence-electron chi connectivity index (χ2n) is 0.710. The van der Waals surface area contributed by atoms with Crippen molar-refractivity contribution in [3.05, 3.63) is 0 Å². The summed E-state index contributed by atoms with van der Waals surface area (Å²) < 4.78 is 4.37. The highest BCUT2D eigenvalue weighted by molar-refractivity contribution is 8.48. The molecule has 0 N–H and O–H groups in total. The van der Waals surface area contributed by atoms with Crippen molar-refractivity contribution >= 4 is 19.4 Å². The van der Waals surface area contributed by atoms with Gasteiger partial charge in [-0.25, -0.2) is 0 Å². The highest BCUT2D eigenvalue weighted by Crippen LogP contribution is 2.28. The molecular formula is C3H6NOPS. The zero-order valence-electron chi connectivity index (χ0n) is 3.97. The number of hydrogen-bond donors (Lipinski definition) is 0. The first kappa shape index (κ1) is 7.07. The fourth-order valence-electron chi connectivity index (χ4n) is 0.107. The molecule has 40 valence electrons. The van der Waals surface area contributed by atoms with E-state index in [1.807, 2.05) is 6.92 Å². The van der Waals surface area contributed by atoms with Gasteiger partial charge < -0.3 is 4.52 Å². The minimum atomic E-state index is 0.288. The second kappa shape index (κ2) is 6.07. The predicted octanol–water partition coefficient (Wildman–Crippen LogP) is 1.75. The molecule has 4 heteroatoms. The average molecular weight is 135 g/mol. The molecule has 0 spiro atoms. The Kier molecular flexibility index (Phi) is 6.13. The lowest BCUT2D eigenvalue weighted by molar-refractivity contribution is 0.591.